The number of hydrogen-bond donors (Lipinski definition) is 7. The van der Waals surface area contributed by atoms with Gasteiger partial charge >= 0.3 is 0 Å². The SMILES string of the molecule is CC1CC[C@@]2(O)C3(OC4(O)C[C@]2(C)[C@]2(O)C(O)C(O)(C(C)C)C4(C)C32O)C1O. The summed E-state index contributed by atoms with van der Waals surface area (Å²) >= 11 is 0. The quantitative estimate of drug-likeness (QED) is 0.285. The molecule has 6 bridgehead atoms. The molecule has 0 aromatic heterocycles. The second-order valence-corrected chi connectivity index (χ2v) is 10.9. The Labute approximate surface area is 163 Å². The van der Waals surface area contributed by atoms with Gasteiger partial charge < -0.3 is 40.5 Å². The zero-order valence-electron chi connectivity index (χ0n) is 17.0. The highest BCUT2D eigenvalue weighted by Crippen LogP contribution is 2.90. The van der Waals surface area contributed by atoms with Crippen molar-refractivity contribution in [1.82, 2.24) is 0 Å². The van der Waals surface area contributed by atoms with Crippen LogP contribution in [0.15, 0.2) is 0 Å². The fourth-order valence-electron chi connectivity index (χ4n) is 8.80. The molecule has 28 heavy (non-hydrogen) atoms. The summed E-state index contributed by atoms with van der Waals surface area (Å²) in [5.41, 5.74) is -14.7. The lowest BCUT2D eigenvalue weighted by Crippen LogP contribution is -2.75. The highest BCUT2D eigenvalue weighted by atomic mass is 16.7. The van der Waals surface area contributed by atoms with Crippen LogP contribution in [0.2, 0.25) is 0 Å². The zero-order chi connectivity index (χ0) is 21.1. The first-order chi connectivity index (χ1) is 12.6. The highest BCUT2D eigenvalue weighted by molar-refractivity contribution is 5.56. The van der Waals surface area contributed by atoms with Crippen molar-refractivity contribution in [3.8, 4) is 0 Å². The third-order valence-electron chi connectivity index (χ3n) is 10.3. The number of aliphatic hydroxyl groups excluding tert-OH is 2. The molecule has 2 heterocycles. The molecule has 160 valence electrons. The van der Waals surface area contributed by atoms with Crippen molar-refractivity contribution < 1.29 is 40.5 Å². The smallest absolute Gasteiger partial charge is 0.178 e. The van der Waals surface area contributed by atoms with Crippen LogP contribution in [0.4, 0.5) is 0 Å². The molecule has 6 fully saturated rings. The molecule has 11 atom stereocenters. The van der Waals surface area contributed by atoms with E-state index in [2.05, 4.69) is 0 Å². The fraction of sp³-hybridized carbons (Fsp3) is 1.00. The maximum absolute atomic E-state index is 12.3. The first kappa shape index (κ1) is 19.6. The van der Waals surface area contributed by atoms with Crippen molar-refractivity contribution in [2.45, 2.75) is 99.9 Å². The molecule has 8 heteroatoms. The van der Waals surface area contributed by atoms with Crippen molar-refractivity contribution in [2.75, 3.05) is 0 Å². The zero-order valence-corrected chi connectivity index (χ0v) is 17.0. The van der Waals surface area contributed by atoms with E-state index in [4.69, 9.17) is 4.74 Å². The Morgan fingerprint density at radius 2 is 1.57 bits per heavy atom. The van der Waals surface area contributed by atoms with E-state index in [9.17, 15) is 35.7 Å². The molecule has 6 aliphatic rings. The molecule has 0 amide bonds. The molecule has 6 rings (SSSR count). The van der Waals surface area contributed by atoms with Gasteiger partial charge in [0, 0.05) is 11.8 Å². The van der Waals surface area contributed by atoms with Crippen molar-refractivity contribution in [2.24, 2.45) is 22.7 Å². The van der Waals surface area contributed by atoms with Gasteiger partial charge in [0.2, 0.25) is 0 Å². The van der Waals surface area contributed by atoms with E-state index in [0.717, 1.165) is 0 Å². The normalized spacial score (nSPS) is 72.1. The second kappa shape index (κ2) is 4.34. The molecule has 0 aromatic carbocycles. The predicted octanol–water partition coefficient (Wildman–Crippen LogP) is -1.38. The Hall–Kier alpha value is -0.320. The van der Waals surface area contributed by atoms with Crippen LogP contribution in [0.5, 0.6) is 0 Å². The predicted molar refractivity (Wildman–Crippen MR) is 94.6 cm³/mol. The van der Waals surface area contributed by atoms with E-state index >= 15 is 0 Å². The Morgan fingerprint density at radius 1 is 1.00 bits per heavy atom. The molecule has 8 nitrogen and oxygen atoms in total. The Kier molecular flexibility index (Phi) is 3.04. The Morgan fingerprint density at radius 3 is 2.11 bits per heavy atom. The van der Waals surface area contributed by atoms with E-state index in [1.54, 1.807) is 20.8 Å². The summed E-state index contributed by atoms with van der Waals surface area (Å²) in [5, 5.41) is 82.3. The van der Waals surface area contributed by atoms with E-state index in [-0.39, 0.29) is 12.8 Å². The van der Waals surface area contributed by atoms with Crippen LogP contribution >= 0.6 is 0 Å². The summed E-state index contributed by atoms with van der Waals surface area (Å²) in [4.78, 5) is 0. The fourth-order valence-corrected chi connectivity index (χ4v) is 8.80. The number of aliphatic hydroxyl groups is 7. The molecule has 4 aliphatic carbocycles. The minimum absolute atomic E-state index is 0.116. The summed E-state index contributed by atoms with van der Waals surface area (Å²) in [6.07, 6.45) is -3.04. The largest absolute Gasteiger partial charge is 0.390 e. The summed E-state index contributed by atoms with van der Waals surface area (Å²) in [6, 6.07) is 0. The number of hydrogen-bond acceptors (Lipinski definition) is 8. The topological polar surface area (TPSA) is 151 Å². The lowest BCUT2D eigenvalue weighted by atomic mass is 9.52. The number of ether oxygens (including phenoxy) is 1. The van der Waals surface area contributed by atoms with Crippen LogP contribution in [0.1, 0.15) is 53.9 Å². The van der Waals surface area contributed by atoms with Crippen molar-refractivity contribution in [3.05, 3.63) is 0 Å². The van der Waals surface area contributed by atoms with Crippen LogP contribution in [0.3, 0.4) is 0 Å². The molecule has 2 saturated heterocycles. The summed E-state index contributed by atoms with van der Waals surface area (Å²) in [5.74, 6) is -3.24. The average molecular weight is 400 g/mol. The van der Waals surface area contributed by atoms with Crippen LogP contribution in [0, 0.1) is 22.7 Å². The summed E-state index contributed by atoms with van der Waals surface area (Å²) in [6.45, 7) is 7.90. The Balaban J connectivity index is 1.97. The van der Waals surface area contributed by atoms with Gasteiger partial charge in [-0.3, -0.25) is 0 Å². The van der Waals surface area contributed by atoms with Gasteiger partial charge in [0.15, 0.2) is 11.4 Å². The lowest BCUT2D eigenvalue weighted by Gasteiger charge is -2.60. The molecular formula is C20H32O8. The van der Waals surface area contributed by atoms with Gasteiger partial charge in [-0.2, -0.15) is 0 Å². The molecule has 1 spiro atoms. The van der Waals surface area contributed by atoms with Gasteiger partial charge in [0.05, 0.1) is 11.5 Å². The molecule has 0 aromatic rings. The number of rotatable bonds is 1. The van der Waals surface area contributed by atoms with E-state index < -0.39 is 68.7 Å². The molecule has 7 N–H and O–H groups in total. The summed E-state index contributed by atoms with van der Waals surface area (Å²) < 4.78 is 6.05. The van der Waals surface area contributed by atoms with E-state index in [1.807, 2.05) is 0 Å². The first-order valence-electron chi connectivity index (χ1n) is 10.2. The van der Waals surface area contributed by atoms with E-state index in [1.165, 1.54) is 13.8 Å². The minimum Gasteiger partial charge on any atom is -0.390 e. The van der Waals surface area contributed by atoms with Crippen LogP contribution < -0.4 is 0 Å². The van der Waals surface area contributed by atoms with Crippen molar-refractivity contribution in [1.29, 1.82) is 0 Å². The second-order valence-electron chi connectivity index (χ2n) is 10.9. The van der Waals surface area contributed by atoms with Gasteiger partial charge in [-0.15, -0.1) is 0 Å². The van der Waals surface area contributed by atoms with Gasteiger partial charge in [0.25, 0.3) is 0 Å². The first-order valence-corrected chi connectivity index (χ1v) is 10.2. The van der Waals surface area contributed by atoms with Gasteiger partial charge in [-0.1, -0.05) is 27.7 Å². The van der Waals surface area contributed by atoms with Crippen LogP contribution in [0.25, 0.3) is 0 Å². The van der Waals surface area contributed by atoms with Gasteiger partial charge in [-0.25, -0.2) is 0 Å². The molecule has 0 radical (unpaired) electrons. The van der Waals surface area contributed by atoms with Crippen molar-refractivity contribution in [3.63, 3.8) is 0 Å². The molecule has 8 unspecified atom stereocenters. The lowest BCUT2D eigenvalue weighted by molar-refractivity contribution is -0.390. The monoisotopic (exact) mass is 400 g/mol. The van der Waals surface area contributed by atoms with E-state index in [0.29, 0.717) is 6.42 Å². The van der Waals surface area contributed by atoms with Crippen molar-refractivity contribution >= 4 is 0 Å². The molecular weight excluding hydrogens is 368 g/mol. The Bertz CT molecular complexity index is 790. The third-order valence-corrected chi connectivity index (χ3v) is 10.3. The maximum atomic E-state index is 12.3. The maximum Gasteiger partial charge on any atom is 0.178 e. The minimum atomic E-state index is -2.49. The van der Waals surface area contributed by atoms with Gasteiger partial charge in [-0.05, 0) is 31.6 Å². The average Bonchev–Trinajstić information content (AvgIpc) is 2.84. The highest BCUT2D eigenvalue weighted by Gasteiger charge is 3.09. The standard InChI is InChI=1S/C20H32O8/c1-9(2)17(25)12(22)18(26)13(4)8-16(24)14(17,5)20(18,27)19(28-16)11(21)10(3)6-7-15(13,19)23/h9-12,21-27H,6-8H2,1-5H3/t10?,11?,12?,13-,14?,15-,16?,17?,18+,19?,20?/m0/s1. The molecule has 4 saturated carbocycles. The van der Waals surface area contributed by atoms with Gasteiger partial charge in [0.1, 0.15) is 28.5 Å². The molecule has 2 aliphatic heterocycles. The third kappa shape index (κ3) is 1.13. The summed E-state index contributed by atoms with van der Waals surface area (Å²) in [7, 11) is 0. The van der Waals surface area contributed by atoms with Crippen LogP contribution in [-0.2, 0) is 4.74 Å². The van der Waals surface area contributed by atoms with Crippen LogP contribution in [-0.4, -0.2) is 81.7 Å².